The molecule has 3 unspecified atom stereocenters. The molecular formula is C13H19N3O4S. The molecule has 1 aliphatic rings. The summed E-state index contributed by atoms with van der Waals surface area (Å²) in [5.74, 6) is -1.10. The van der Waals surface area contributed by atoms with E-state index in [1.807, 2.05) is 20.8 Å². The molecule has 0 saturated carbocycles. The monoisotopic (exact) mass is 313 g/mol. The van der Waals surface area contributed by atoms with Crippen LogP contribution in [0.3, 0.4) is 0 Å². The van der Waals surface area contributed by atoms with E-state index in [1.165, 1.54) is 16.2 Å². The third kappa shape index (κ3) is 3.33. The summed E-state index contributed by atoms with van der Waals surface area (Å²) in [4.78, 5) is 29.8. The highest BCUT2D eigenvalue weighted by Gasteiger charge is 2.39. The van der Waals surface area contributed by atoms with Gasteiger partial charge >= 0.3 is 12.0 Å². The Labute approximate surface area is 126 Å². The van der Waals surface area contributed by atoms with Crippen molar-refractivity contribution in [3.63, 3.8) is 0 Å². The van der Waals surface area contributed by atoms with Crippen LogP contribution in [0, 0.1) is 13.8 Å². The Bertz CT molecular complexity index is 560. The fourth-order valence-corrected chi connectivity index (χ4v) is 3.48. The van der Waals surface area contributed by atoms with E-state index in [0.29, 0.717) is 0 Å². The van der Waals surface area contributed by atoms with Gasteiger partial charge in [0.2, 0.25) is 0 Å². The van der Waals surface area contributed by atoms with Gasteiger partial charge in [-0.3, -0.25) is 0 Å². The first-order chi connectivity index (χ1) is 9.79. The number of likely N-dealkylation sites (tertiary alicyclic amines) is 1. The second-order valence-electron chi connectivity index (χ2n) is 5.25. The van der Waals surface area contributed by atoms with E-state index in [-0.39, 0.29) is 19.0 Å². The first-order valence-corrected chi connectivity index (χ1v) is 7.53. The number of aliphatic carboxylic acids is 1. The van der Waals surface area contributed by atoms with Crippen molar-refractivity contribution in [1.29, 1.82) is 0 Å². The molecule has 0 aliphatic carbocycles. The van der Waals surface area contributed by atoms with E-state index in [4.69, 9.17) is 5.11 Å². The number of hydrogen-bond donors (Lipinski definition) is 3. The number of aromatic nitrogens is 1. The van der Waals surface area contributed by atoms with Gasteiger partial charge in [-0.15, -0.1) is 11.3 Å². The van der Waals surface area contributed by atoms with Crippen molar-refractivity contribution < 1.29 is 19.8 Å². The van der Waals surface area contributed by atoms with Gasteiger partial charge in [-0.2, -0.15) is 0 Å². The number of amides is 2. The third-order valence-electron chi connectivity index (χ3n) is 3.50. The Kier molecular flexibility index (Phi) is 4.48. The maximum absolute atomic E-state index is 12.2. The van der Waals surface area contributed by atoms with Crippen LogP contribution >= 0.6 is 11.3 Å². The molecule has 2 heterocycles. The van der Waals surface area contributed by atoms with E-state index < -0.39 is 24.1 Å². The zero-order valence-corrected chi connectivity index (χ0v) is 13.0. The van der Waals surface area contributed by atoms with E-state index in [9.17, 15) is 14.7 Å². The fourth-order valence-electron chi connectivity index (χ4n) is 2.55. The van der Waals surface area contributed by atoms with Gasteiger partial charge in [0.15, 0.2) is 0 Å². The van der Waals surface area contributed by atoms with Crippen molar-refractivity contribution in [2.75, 3.05) is 6.54 Å². The molecule has 1 aliphatic heterocycles. The maximum atomic E-state index is 12.2. The lowest BCUT2D eigenvalue weighted by atomic mass is 10.2. The number of nitrogens with one attached hydrogen (secondary N) is 1. The van der Waals surface area contributed by atoms with Gasteiger partial charge in [-0.1, -0.05) is 0 Å². The smallest absolute Gasteiger partial charge is 0.326 e. The van der Waals surface area contributed by atoms with Gasteiger partial charge in [0, 0.05) is 17.8 Å². The molecule has 0 spiro atoms. The first-order valence-electron chi connectivity index (χ1n) is 6.71. The topological polar surface area (TPSA) is 103 Å². The number of thiazole rings is 1. The minimum absolute atomic E-state index is 0.0379. The van der Waals surface area contributed by atoms with E-state index in [0.717, 1.165) is 15.6 Å². The number of aliphatic hydroxyl groups is 1. The van der Waals surface area contributed by atoms with Crippen molar-refractivity contribution in [2.45, 2.75) is 45.4 Å². The second-order valence-corrected chi connectivity index (χ2v) is 6.48. The highest BCUT2D eigenvalue weighted by Crippen LogP contribution is 2.25. The molecule has 1 aromatic rings. The van der Waals surface area contributed by atoms with Crippen LogP contribution in [0.5, 0.6) is 0 Å². The molecule has 1 aromatic heterocycles. The van der Waals surface area contributed by atoms with E-state index in [1.54, 1.807) is 0 Å². The van der Waals surface area contributed by atoms with Gasteiger partial charge in [0.25, 0.3) is 0 Å². The van der Waals surface area contributed by atoms with Crippen LogP contribution in [0.1, 0.15) is 35.0 Å². The zero-order valence-electron chi connectivity index (χ0n) is 12.2. The quantitative estimate of drug-likeness (QED) is 0.774. The lowest BCUT2D eigenvalue weighted by Gasteiger charge is -2.24. The van der Waals surface area contributed by atoms with E-state index >= 15 is 0 Å². The summed E-state index contributed by atoms with van der Waals surface area (Å²) in [6.45, 7) is 5.64. The predicted octanol–water partition coefficient (Wildman–Crippen LogP) is 1.05. The van der Waals surface area contributed by atoms with Crippen molar-refractivity contribution in [2.24, 2.45) is 0 Å². The lowest BCUT2D eigenvalue weighted by Crippen LogP contribution is -2.46. The molecule has 7 nitrogen and oxygen atoms in total. The third-order valence-corrected chi connectivity index (χ3v) is 4.75. The van der Waals surface area contributed by atoms with E-state index in [2.05, 4.69) is 10.3 Å². The van der Waals surface area contributed by atoms with Gasteiger partial charge in [-0.25, -0.2) is 14.6 Å². The summed E-state index contributed by atoms with van der Waals surface area (Å²) in [6, 6.07) is -1.70. The summed E-state index contributed by atoms with van der Waals surface area (Å²) in [5.41, 5.74) is 0.863. The predicted molar refractivity (Wildman–Crippen MR) is 77.3 cm³/mol. The highest BCUT2D eigenvalue weighted by atomic mass is 32.1. The summed E-state index contributed by atoms with van der Waals surface area (Å²) in [5, 5.41) is 22.4. The SMILES string of the molecule is Cc1nc(C)c(C(C)NC(=O)N2CC(O)CC2C(=O)O)s1. The van der Waals surface area contributed by atoms with Crippen LogP contribution in [0.4, 0.5) is 4.79 Å². The molecule has 0 aromatic carbocycles. The van der Waals surface area contributed by atoms with Crippen LogP contribution in [-0.2, 0) is 4.79 Å². The minimum Gasteiger partial charge on any atom is -0.480 e. The standard InChI is InChI=1S/C13H19N3O4S/c1-6-11(21-8(3)14-6)7(2)15-13(20)16-5-9(17)4-10(16)12(18)19/h7,9-10,17H,4-5H2,1-3H3,(H,15,20)(H,18,19). The van der Waals surface area contributed by atoms with Crippen LogP contribution < -0.4 is 5.32 Å². The molecule has 8 heteroatoms. The number of carboxylic acids is 1. The average molecular weight is 313 g/mol. The average Bonchev–Trinajstić information content (AvgIpc) is 2.92. The lowest BCUT2D eigenvalue weighted by molar-refractivity contribution is -0.141. The largest absolute Gasteiger partial charge is 0.480 e. The maximum Gasteiger partial charge on any atom is 0.326 e. The number of hydrogen-bond acceptors (Lipinski definition) is 5. The molecule has 0 bridgehead atoms. The van der Waals surface area contributed by atoms with Crippen molar-refractivity contribution in [3.05, 3.63) is 15.6 Å². The number of aryl methyl sites for hydroxylation is 2. The number of aliphatic hydroxyl groups excluding tert-OH is 1. The Hall–Kier alpha value is -1.67. The Morgan fingerprint density at radius 3 is 2.67 bits per heavy atom. The number of carboxylic acid groups (broad SMARTS) is 1. The molecular weight excluding hydrogens is 294 g/mol. The number of urea groups is 1. The number of carbonyl (C=O) groups is 2. The van der Waals surface area contributed by atoms with Crippen molar-refractivity contribution >= 4 is 23.3 Å². The second kappa shape index (κ2) is 5.98. The molecule has 2 amide bonds. The van der Waals surface area contributed by atoms with Crippen LogP contribution in [0.2, 0.25) is 0 Å². The molecule has 116 valence electrons. The minimum atomic E-state index is -1.10. The van der Waals surface area contributed by atoms with Gasteiger partial charge in [0.05, 0.1) is 22.8 Å². The fraction of sp³-hybridized carbons (Fsp3) is 0.615. The highest BCUT2D eigenvalue weighted by molar-refractivity contribution is 7.11. The van der Waals surface area contributed by atoms with Gasteiger partial charge in [-0.05, 0) is 20.8 Å². The molecule has 1 saturated heterocycles. The van der Waals surface area contributed by atoms with Crippen LogP contribution in [0.25, 0.3) is 0 Å². The van der Waals surface area contributed by atoms with Crippen molar-refractivity contribution in [3.8, 4) is 0 Å². The number of carbonyl (C=O) groups excluding carboxylic acids is 1. The molecule has 3 N–H and O–H groups in total. The summed E-state index contributed by atoms with van der Waals surface area (Å²) in [6.07, 6.45) is -0.727. The van der Waals surface area contributed by atoms with Gasteiger partial charge in [0.1, 0.15) is 6.04 Å². The number of rotatable bonds is 3. The Morgan fingerprint density at radius 2 is 2.14 bits per heavy atom. The van der Waals surface area contributed by atoms with Crippen LogP contribution in [-0.4, -0.2) is 50.8 Å². The summed E-state index contributed by atoms with van der Waals surface area (Å²) in [7, 11) is 0. The Balaban J connectivity index is 2.07. The Morgan fingerprint density at radius 1 is 1.48 bits per heavy atom. The normalized spacial score (nSPS) is 23.1. The summed E-state index contributed by atoms with van der Waals surface area (Å²) >= 11 is 1.50. The molecule has 2 rings (SSSR count). The molecule has 3 atom stereocenters. The molecule has 21 heavy (non-hydrogen) atoms. The first kappa shape index (κ1) is 15.7. The van der Waals surface area contributed by atoms with Crippen molar-refractivity contribution in [1.82, 2.24) is 15.2 Å². The molecule has 0 radical (unpaired) electrons. The van der Waals surface area contributed by atoms with Crippen LogP contribution in [0.15, 0.2) is 0 Å². The summed E-state index contributed by atoms with van der Waals surface area (Å²) < 4.78 is 0. The van der Waals surface area contributed by atoms with Gasteiger partial charge < -0.3 is 20.4 Å². The number of β-amino-alcohol motifs (C(OH)–C–C–N with tert-alkyl or cyclic N) is 1. The zero-order chi connectivity index (χ0) is 15.7. The number of nitrogens with zero attached hydrogens (tertiary/aromatic N) is 2. The molecule has 1 fully saturated rings.